The van der Waals surface area contributed by atoms with Crippen molar-refractivity contribution in [3.05, 3.63) is 47.0 Å². The number of rotatable bonds is 13. The molecule has 1 N–H and O–H groups in total. The Balaban J connectivity index is 1.87. The van der Waals surface area contributed by atoms with Gasteiger partial charge in [-0.15, -0.1) is 80.4 Å². The highest BCUT2D eigenvalue weighted by Crippen LogP contribution is 3.09. The monoisotopic (exact) mass is 1070 g/mol. The molecule has 4 aliphatic rings. The van der Waals surface area contributed by atoms with Gasteiger partial charge in [-0.2, -0.15) is 0 Å². The van der Waals surface area contributed by atoms with Crippen LogP contribution in [0.25, 0.3) is 0 Å². The maximum atomic E-state index is 16.4. The highest BCUT2D eigenvalue weighted by Gasteiger charge is 2.78. The summed E-state index contributed by atoms with van der Waals surface area (Å²) < 4.78 is 34.0. The molecule has 2 bridgehead atoms. The van der Waals surface area contributed by atoms with Crippen LogP contribution in [0.3, 0.4) is 0 Å². The average molecular weight is 1070 g/mol. The van der Waals surface area contributed by atoms with E-state index in [1.807, 2.05) is 33.8 Å². The predicted molar refractivity (Wildman–Crippen MR) is 276 cm³/mol. The van der Waals surface area contributed by atoms with E-state index in [0.29, 0.717) is 19.9 Å². The lowest BCUT2D eigenvalue weighted by Gasteiger charge is -2.68. The maximum absolute atomic E-state index is 16.4. The standard InChI is InChI=1S/C29H53O9P17/c1-15-11-12-29(33)24(35-25(32)17-9-7-6-8-10-17)22-27(5,18(37-49(51(40)41)52(42)43)13-19-28(22,14-34-19)36-16(2)30)23(31)21(20(15)26(29,3)4)38-50(53(44)45)55(48-39)54(46)47/h6-10,18-19,21-22,24,33,48H,11-14,39-47H2,1-5H3/t18-,19+,21+,22?,24?,27+,28-,29+,50?,55?/m0/s1. The number of fused-ring (bicyclic) bond motifs is 5. The number of aliphatic hydroxyl groups is 1. The second-order valence-electron chi connectivity index (χ2n) is 14.7. The Labute approximate surface area is 356 Å². The second-order valence-corrected chi connectivity index (χ2v) is 72.8. The van der Waals surface area contributed by atoms with Crippen molar-refractivity contribution in [2.45, 2.75) is 89.5 Å². The van der Waals surface area contributed by atoms with Crippen LogP contribution in [-0.4, -0.2) is 65.1 Å². The number of hydrogen-bond acceptors (Lipinski definition) is 9. The summed E-state index contributed by atoms with van der Waals surface area (Å²) in [5.74, 6) is -2.44. The van der Waals surface area contributed by atoms with Gasteiger partial charge in [-0.1, -0.05) is 45.6 Å². The van der Waals surface area contributed by atoms with Gasteiger partial charge in [0.1, 0.15) is 23.9 Å². The molecule has 20 atom stereocenters. The minimum atomic E-state index is -1.72. The molecule has 308 valence electrons. The quantitative estimate of drug-likeness (QED) is 0.117. The molecular formula is C29H53O9P17. The molecule has 0 radical (unpaired) electrons. The van der Waals surface area contributed by atoms with Crippen LogP contribution in [0.15, 0.2) is 41.5 Å². The van der Waals surface area contributed by atoms with E-state index in [-0.39, 0.29) is 25.2 Å². The predicted octanol–water partition coefficient (Wildman–Crippen LogP) is 12.6. The summed E-state index contributed by atoms with van der Waals surface area (Å²) >= 11 is 0. The van der Waals surface area contributed by atoms with Crippen molar-refractivity contribution in [2.24, 2.45) is 16.7 Å². The first kappa shape index (κ1) is 50.7. The smallest absolute Gasteiger partial charge is 0.338 e. The Hall–Kier alpha value is 4.72. The van der Waals surface area contributed by atoms with Gasteiger partial charge in [0.25, 0.3) is 0 Å². The van der Waals surface area contributed by atoms with Gasteiger partial charge >= 0.3 is 11.9 Å². The largest absolute Gasteiger partial charge is 0.455 e. The lowest BCUT2D eigenvalue weighted by molar-refractivity contribution is -0.342. The van der Waals surface area contributed by atoms with Gasteiger partial charge in [-0.3, -0.25) is 9.59 Å². The number of esters is 2. The molecule has 26 heteroatoms. The van der Waals surface area contributed by atoms with Crippen molar-refractivity contribution in [3.63, 3.8) is 0 Å². The number of carbonyl (C=O) groups is 3. The van der Waals surface area contributed by atoms with Crippen LogP contribution in [-0.2, 0) is 32.8 Å². The molecule has 0 amide bonds. The van der Waals surface area contributed by atoms with Crippen molar-refractivity contribution in [2.75, 3.05) is 6.61 Å². The number of Topliss-reactive ketones (excluding diaryl/α,β-unsaturated/α-hetero) is 1. The first-order chi connectivity index (χ1) is 25.6. The van der Waals surface area contributed by atoms with Crippen LogP contribution >= 0.6 is 138 Å². The van der Waals surface area contributed by atoms with Gasteiger partial charge in [0, 0.05) is 25.7 Å². The third-order valence-corrected chi connectivity index (χ3v) is 81.0. The Morgan fingerprint density at radius 3 is 2.02 bits per heavy atom. The molecular weight excluding hydrogens is 1020 g/mol. The molecule has 1 aliphatic heterocycles. The van der Waals surface area contributed by atoms with Crippen LogP contribution in [0.4, 0.5) is 0 Å². The topological polar surface area (TPSA) is 118 Å². The third kappa shape index (κ3) is 9.82. The van der Waals surface area contributed by atoms with Crippen molar-refractivity contribution in [1.82, 2.24) is 0 Å². The van der Waals surface area contributed by atoms with E-state index in [1.54, 1.807) is 24.3 Å². The van der Waals surface area contributed by atoms with E-state index in [1.165, 1.54) is 6.92 Å². The van der Waals surface area contributed by atoms with Gasteiger partial charge in [-0.25, -0.2) is 4.79 Å². The molecule has 0 spiro atoms. The molecule has 9 nitrogen and oxygen atoms in total. The molecule has 1 aromatic rings. The van der Waals surface area contributed by atoms with Crippen molar-refractivity contribution in [3.8, 4) is 0 Å². The highest BCUT2D eigenvalue weighted by molar-refractivity contribution is 9.10. The first-order valence-corrected chi connectivity index (χ1v) is 46.4. The van der Waals surface area contributed by atoms with Crippen molar-refractivity contribution < 1.29 is 42.7 Å². The van der Waals surface area contributed by atoms with E-state index in [2.05, 4.69) is 80.4 Å². The van der Waals surface area contributed by atoms with Crippen LogP contribution < -0.4 is 0 Å². The molecule has 55 heavy (non-hydrogen) atoms. The molecule has 3 aliphatic carbocycles. The summed E-state index contributed by atoms with van der Waals surface area (Å²) in [4.78, 5) is 44.0. The number of benzene rings is 1. The minimum absolute atomic E-state index is 0.0194. The summed E-state index contributed by atoms with van der Waals surface area (Å²) in [5.41, 5.74) is -3.70. The van der Waals surface area contributed by atoms with Gasteiger partial charge < -0.3 is 28.4 Å². The first-order valence-electron chi connectivity index (χ1n) is 17.0. The van der Waals surface area contributed by atoms with E-state index < -0.39 is 114 Å². The highest BCUT2D eigenvalue weighted by atomic mass is 33.1. The third-order valence-electron chi connectivity index (χ3n) is 11.3. The molecule has 1 heterocycles. The fourth-order valence-corrected chi connectivity index (χ4v) is 108. The number of allylic oxidation sites excluding steroid dienone is 1. The van der Waals surface area contributed by atoms with Crippen molar-refractivity contribution in [1.29, 1.82) is 0 Å². The summed E-state index contributed by atoms with van der Waals surface area (Å²) in [5, 5.41) is 13.7. The maximum Gasteiger partial charge on any atom is 0.338 e. The zero-order chi connectivity index (χ0) is 41.0. The van der Waals surface area contributed by atoms with Crippen LogP contribution in [0.2, 0.25) is 0 Å². The molecule has 14 unspecified atom stereocenters. The van der Waals surface area contributed by atoms with E-state index in [9.17, 15) is 14.7 Å². The fraction of sp³-hybridized carbons (Fsp3) is 0.621. The Morgan fingerprint density at radius 1 is 0.927 bits per heavy atom. The lowest BCUT2D eigenvalue weighted by Crippen LogP contribution is -2.81. The van der Waals surface area contributed by atoms with Gasteiger partial charge in [-0.05, 0) is 72.3 Å². The van der Waals surface area contributed by atoms with Crippen LogP contribution in [0, 0.1) is 16.7 Å². The van der Waals surface area contributed by atoms with Gasteiger partial charge in [0.2, 0.25) is 0 Å². The molecule has 1 aromatic carbocycles. The van der Waals surface area contributed by atoms with Crippen molar-refractivity contribution >= 4 is 156 Å². The lowest BCUT2D eigenvalue weighted by atomic mass is 9.45. The minimum Gasteiger partial charge on any atom is -0.455 e. The normalized spacial score (nSPS) is 34.4. The Kier molecular flexibility index (Phi) is 18.9. The fourth-order valence-electron chi connectivity index (χ4n) is 8.72. The van der Waals surface area contributed by atoms with E-state index >= 15 is 4.79 Å². The molecule has 0 aromatic heterocycles. The van der Waals surface area contributed by atoms with E-state index in [0.717, 1.165) is 11.1 Å². The number of ether oxygens (including phenoxy) is 3. The molecule has 1 saturated heterocycles. The van der Waals surface area contributed by atoms with Gasteiger partial charge in [0.15, 0.2) is 11.4 Å². The Bertz CT molecular complexity index is 1630. The number of carbonyl (C=O) groups excluding carboxylic acids is 3. The zero-order valence-corrected chi connectivity index (χ0v) is 48.8. The SMILES string of the molecule is CC(=O)O[C@@]12CO[C@@H]1C[C@H](OP(P(P)P)P(P)P)[C@@]1(C)C(=O)[C@H](OP(P(P)P)P(PP)P(P)P)C3=C(C)CC[C@@](O)(C(OC(=O)c4ccccc4)C12)C3(C)C. The van der Waals surface area contributed by atoms with Crippen LogP contribution in [0.1, 0.15) is 64.2 Å². The van der Waals surface area contributed by atoms with E-state index in [4.69, 9.17) is 23.3 Å². The van der Waals surface area contributed by atoms with Crippen LogP contribution in [0.5, 0.6) is 0 Å². The summed E-state index contributed by atoms with van der Waals surface area (Å²) in [6, 6.07) is 8.68. The van der Waals surface area contributed by atoms with Gasteiger partial charge in [0.05, 0.1) is 44.7 Å². The molecule has 5 rings (SSSR count). The summed E-state index contributed by atoms with van der Waals surface area (Å²) in [6.45, 7) is 5.75. The zero-order valence-electron chi connectivity index (χ0n) is 31.1. The second kappa shape index (κ2) is 20.5. The number of hydrogen-bond donors (Lipinski definition) is 1. The average Bonchev–Trinajstić information content (AvgIpc) is 3.09. The summed E-state index contributed by atoms with van der Waals surface area (Å²) in [7, 11) is 24.8. The number of ketones is 1. The molecule has 2 saturated carbocycles. The Morgan fingerprint density at radius 2 is 1.53 bits per heavy atom. The summed E-state index contributed by atoms with van der Waals surface area (Å²) in [6.07, 6.45) is -2.77. The molecule has 3 fully saturated rings.